The van der Waals surface area contributed by atoms with E-state index < -0.39 is 30.1 Å². The maximum Gasteiger partial charge on any atom is 0.411 e. The smallest absolute Gasteiger partial charge is 0.411 e. The molecule has 214 valence electrons. The number of hydrogen-bond donors (Lipinski definition) is 3. The molecule has 0 aromatic heterocycles. The van der Waals surface area contributed by atoms with Crippen LogP contribution >= 0.6 is 0 Å². The van der Waals surface area contributed by atoms with Gasteiger partial charge < -0.3 is 19.9 Å². The summed E-state index contributed by atoms with van der Waals surface area (Å²) < 4.78 is 11.4. The normalized spacial score (nSPS) is 13.4. The SMILES string of the molecule is Cc1c(NC(=O)OCC2c3ccccc3-c3ccccc32)cccc1C(=O)N[C@@H](C(=O)O)[C@H](C)OCc1ccccc1. The van der Waals surface area contributed by atoms with E-state index in [1.54, 1.807) is 32.0 Å². The highest BCUT2D eigenvalue weighted by Gasteiger charge is 2.30. The first kappa shape index (κ1) is 28.6. The van der Waals surface area contributed by atoms with Crippen molar-refractivity contribution in [1.82, 2.24) is 5.32 Å². The molecule has 1 aliphatic carbocycles. The highest BCUT2D eigenvalue weighted by Crippen LogP contribution is 2.44. The topological polar surface area (TPSA) is 114 Å². The van der Waals surface area contributed by atoms with Crippen molar-refractivity contribution in [3.63, 3.8) is 0 Å². The molecule has 5 rings (SSSR count). The molecule has 4 aromatic carbocycles. The van der Waals surface area contributed by atoms with Gasteiger partial charge in [-0.25, -0.2) is 9.59 Å². The van der Waals surface area contributed by atoms with E-state index >= 15 is 0 Å². The fourth-order valence-electron chi connectivity index (χ4n) is 5.26. The van der Waals surface area contributed by atoms with Gasteiger partial charge in [0.1, 0.15) is 6.61 Å². The Balaban J connectivity index is 1.22. The summed E-state index contributed by atoms with van der Waals surface area (Å²) >= 11 is 0. The molecule has 2 amide bonds. The van der Waals surface area contributed by atoms with Crippen molar-refractivity contribution in [1.29, 1.82) is 0 Å². The maximum atomic E-state index is 13.2. The Morgan fingerprint density at radius 3 is 2.10 bits per heavy atom. The van der Waals surface area contributed by atoms with Crippen LogP contribution in [0.2, 0.25) is 0 Å². The van der Waals surface area contributed by atoms with Crippen molar-refractivity contribution in [2.24, 2.45) is 0 Å². The van der Waals surface area contributed by atoms with E-state index in [-0.39, 0.29) is 24.7 Å². The summed E-state index contributed by atoms with van der Waals surface area (Å²) in [5.41, 5.74) is 6.47. The number of aliphatic carboxylic acids is 1. The van der Waals surface area contributed by atoms with Crippen LogP contribution in [0.1, 0.15) is 45.5 Å². The number of carbonyl (C=O) groups excluding carboxylic acids is 2. The van der Waals surface area contributed by atoms with Crippen LogP contribution in [0.3, 0.4) is 0 Å². The minimum Gasteiger partial charge on any atom is -0.480 e. The van der Waals surface area contributed by atoms with Gasteiger partial charge in [-0.3, -0.25) is 10.1 Å². The number of carbonyl (C=O) groups is 3. The second kappa shape index (κ2) is 12.7. The number of amides is 2. The van der Waals surface area contributed by atoms with E-state index in [1.807, 2.05) is 66.7 Å². The van der Waals surface area contributed by atoms with Crippen molar-refractivity contribution in [3.05, 3.63) is 125 Å². The molecule has 0 aliphatic heterocycles. The monoisotopic (exact) mass is 564 g/mol. The predicted molar refractivity (Wildman–Crippen MR) is 159 cm³/mol. The van der Waals surface area contributed by atoms with Gasteiger partial charge in [0, 0.05) is 17.2 Å². The Labute approximate surface area is 244 Å². The second-order valence-electron chi connectivity index (χ2n) is 10.2. The molecular weight excluding hydrogens is 532 g/mol. The summed E-state index contributed by atoms with van der Waals surface area (Å²) in [6.45, 7) is 3.64. The Morgan fingerprint density at radius 2 is 1.45 bits per heavy atom. The Bertz CT molecular complexity index is 1560. The summed E-state index contributed by atoms with van der Waals surface area (Å²) in [6.07, 6.45) is -1.45. The van der Waals surface area contributed by atoms with Gasteiger partial charge in [-0.05, 0) is 59.4 Å². The molecule has 0 fully saturated rings. The number of carboxylic acid groups (broad SMARTS) is 1. The quantitative estimate of drug-likeness (QED) is 0.213. The van der Waals surface area contributed by atoms with Crippen LogP contribution in [0.4, 0.5) is 10.5 Å². The minimum atomic E-state index is -1.28. The fourth-order valence-corrected chi connectivity index (χ4v) is 5.26. The van der Waals surface area contributed by atoms with Crippen LogP contribution in [0.25, 0.3) is 11.1 Å². The van der Waals surface area contributed by atoms with Crippen LogP contribution in [0, 0.1) is 6.92 Å². The molecule has 0 saturated heterocycles. The van der Waals surface area contributed by atoms with Crippen molar-refractivity contribution < 1.29 is 29.0 Å². The van der Waals surface area contributed by atoms with Gasteiger partial charge >= 0.3 is 12.1 Å². The van der Waals surface area contributed by atoms with Crippen LogP contribution in [0.15, 0.2) is 97.1 Å². The standard InChI is InChI=1S/C34H32N2O6/c1-21-24(32(37)36-31(33(38)39)22(2)41-19-23-11-4-3-5-12-23)17-10-18-30(21)35-34(40)42-20-29-27-15-8-6-13-25(27)26-14-7-9-16-28(26)29/h3-18,22,29,31H,19-20H2,1-2H3,(H,35,40)(H,36,37)(H,38,39)/t22-,31+/m0/s1. The molecule has 0 bridgehead atoms. The Morgan fingerprint density at radius 1 is 0.833 bits per heavy atom. The second-order valence-corrected chi connectivity index (χ2v) is 10.2. The number of nitrogens with one attached hydrogen (secondary N) is 2. The predicted octanol–water partition coefficient (Wildman–Crippen LogP) is 6.14. The average Bonchev–Trinajstić information content (AvgIpc) is 3.32. The van der Waals surface area contributed by atoms with Gasteiger partial charge in [-0.15, -0.1) is 0 Å². The third-order valence-corrected chi connectivity index (χ3v) is 7.54. The van der Waals surface area contributed by atoms with Crippen molar-refractivity contribution in [2.75, 3.05) is 11.9 Å². The molecular formula is C34H32N2O6. The molecule has 0 radical (unpaired) electrons. The minimum absolute atomic E-state index is 0.0830. The molecule has 42 heavy (non-hydrogen) atoms. The van der Waals surface area contributed by atoms with E-state index in [9.17, 15) is 19.5 Å². The van der Waals surface area contributed by atoms with Gasteiger partial charge in [-0.1, -0.05) is 84.9 Å². The molecule has 0 heterocycles. The number of fused-ring (bicyclic) bond motifs is 3. The zero-order chi connectivity index (χ0) is 29.6. The molecule has 0 spiro atoms. The summed E-state index contributed by atoms with van der Waals surface area (Å²) in [4.78, 5) is 38.0. The maximum absolute atomic E-state index is 13.2. The van der Waals surface area contributed by atoms with E-state index in [0.29, 0.717) is 11.3 Å². The summed E-state index contributed by atoms with van der Waals surface area (Å²) in [6, 6.07) is 29.1. The highest BCUT2D eigenvalue weighted by atomic mass is 16.5. The lowest BCUT2D eigenvalue weighted by atomic mass is 9.98. The Kier molecular flexibility index (Phi) is 8.64. The highest BCUT2D eigenvalue weighted by molar-refractivity contribution is 6.00. The number of benzene rings is 4. The first-order chi connectivity index (χ1) is 20.3. The Hall–Kier alpha value is -4.95. The lowest BCUT2D eigenvalue weighted by Gasteiger charge is -2.22. The van der Waals surface area contributed by atoms with Crippen molar-refractivity contribution in [2.45, 2.75) is 38.5 Å². The van der Waals surface area contributed by atoms with Crippen molar-refractivity contribution in [3.8, 4) is 11.1 Å². The van der Waals surface area contributed by atoms with Crippen molar-refractivity contribution >= 4 is 23.7 Å². The molecule has 8 nitrogen and oxygen atoms in total. The zero-order valence-corrected chi connectivity index (χ0v) is 23.4. The largest absolute Gasteiger partial charge is 0.480 e. The number of anilines is 1. The van der Waals surface area contributed by atoms with E-state index in [4.69, 9.17) is 9.47 Å². The lowest BCUT2D eigenvalue weighted by molar-refractivity contribution is -0.143. The molecule has 0 unspecified atom stereocenters. The van der Waals surface area contributed by atoms with Gasteiger partial charge in [0.25, 0.3) is 5.91 Å². The molecule has 8 heteroatoms. The molecule has 3 N–H and O–H groups in total. The van der Waals surface area contributed by atoms with E-state index in [0.717, 1.165) is 27.8 Å². The molecule has 2 atom stereocenters. The van der Waals surface area contributed by atoms with Crippen LogP contribution < -0.4 is 10.6 Å². The first-order valence-corrected chi connectivity index (χ1v) is 13.7. The lowest BCUT2D eigenvalue weighted by Crippen LogP contribution is -2.48. The fraction of sp³-hybridized carbons (Fsp3) is 0.206. The average molecular weight is 565 g/mol. The zero-order valence-electron chi connectivity index (χ0n) is 23.4. The molecule has 4 aromatic rings. The third-order valence-electron chi connectivity index (χ3n) is 7.54. The van der Waals surface area contributed by atoms with Crippen LogP contribution in [-0.2, 0) is 20.9 Å². The first-order valence-electron chi connectivity index (χ1n) is 13.7. The summed E-state index contributed by atoms with van der Waals surface area (Å²) in [7, 11) is 0. The van der Waals surface area contributed by atoms with Crippen LogP contribution in [-0.4, -0.2) is 41.8 Å². The van der Waals surface area contributed by atoms with E-state index in [1.165, 1.54) is 0 Å². The number of carboxylic acids is 1. The van der Waals surface area contributed by atoms with Gasteiger partial charge in [-0.2, -0.15) is 0 Å². The van der Waals surface area contributed by atoms with Crippen LogP contribution in [0.5, 0.6) is 0 Å². The molecule has 1 aliphatic rings. The molecule has 0 saturated carbocycles. The summed E-state index contributed by atoms with van der Waals surface area (Å²) in [5.74, 6) is -1.89. The number of hydrogen-bond acceptors (Lipinski definition) is 5. The third kappa shape index (κ3) is 6.19. The van der Waals surface area contributed by atoms with E-state index in [2.05, 4.69) is 22.8 Å². The number of rotatable bonds is 10. The van der Waals surface area contributed by atoms with Gasteiger partial charge in [0.05, 0.1) is 12.7 Å². The number of ether oxygens (including phenoxy) is 2. The van der Waals surface area contributed by atoms with Gasteiger partial charge in [0.15, 0.2) is 6.04 Å². The van der Waals surface area contributed by atoms with Gasteiger partial charge in [0.2, 0.25) is 0 Å². The summed E-state index contributed by atoms with van der Waals surface area (Å²) in [5, 5.41) is 15.1.